The molecule has 2 heteroatoms. The fraction of sp³-hybridized carbons (Fsp3) is 1.00. The Hall–Kier alpha value is -0.0800. The molecule has 2 saturated heterocycles. The summed E-state index contributed by atoms with van der Waals surface area (Å²) in [5.74, 6) is 0. The Balaban J connectivity index is 1.83. The average molecular weight is 252 g/mol. The molecule has 2 aliphatic rings. The third-order valence-electron chi connectivity index (χ3n) is 5.27. The number of rotatable bonds is 5. The summed E-state index contributed by atoms with van der Waals surface area (Å²) in [6.07, 6.45) is 8.30. The van der Waals surface area contributed by atoms with Gasteiger partial charge in [0.2, 0.25) is 0 Å². The van der Waals surface area contributed by atoms with E-state index in [1.807, 2.05) is 0 Å². The summed E-state index contributed by atoms with van der Waals surface area (Å²) in [5, 5.41) is 0. The molecule has 18 heavy (non-hydrogen) atoms. The summed E-state index contributed by atoms with van der Waals surface area (Å²) in [4.78, 5) is 5.38. The average Bonchev–Trinajstić information content (AvgIpc) is 2.25. The van der Waals surface area contributed by atoms with Gasteiger partial charge < -0.3 is 0 Å². The largest absolute Gasteiger partial charge is 0.298 e. The molecule has 2 heterocycles. The van der Waals surface area contributed by atoms with Crippen molar-refractivity contribution in [1.29, 1.82) is 0 Å². The van der Waals surface area contributed by atoms with E-state index in [1.54, 1.807) is 0 Å². The van der Waals surface area contributed by atoms with Crippen molar-refractivity contribution in [3.63, 3.8) is 0 Å². The zero-order chi connectivity index (χ0) is 13.2. The quantitative estimate of drug-likeness (QED) is 0.739. The molecule has 0 aliphatic carbocycles. The van der Waals surface area contributed by atoms with E-state index >= 15 is 0 Å². The first-order valence-electron chi connectivity index (χ1n) is 7.92. The predicted molar refractivity (Wildman–Crippen MR) is 79.0 cm³/mol. The third kappa shape index (κ3) is 3.27. The molecular formula is C16H32N2. The number of hydrogen-bond donors (Lipinski definition) is 0. The molecule has 0 unspecified atom stereocenters. The van der Waals surface area contributed by atoms with Crippen LogP contribution in [0.3, 0.4) is 0 Å². The molecule has 2 fully saturated rings. The van der Waals surface area contributed by atoms with Crippen LogP contribution in [0.5, 0.6) is 0 Å². The zero-order valence-corrected chi connectivity index (χ0v) is 13.0. The van der Waals surface area contributed by atoms with Gasteiger partial charge in [0, 0.05) is 11.1 Å². The standard InChI is InChI=1S/C16H32N2/c1-15(2,17-11-6-5-7-12-17)9-10-16(3,4)18-13-8-14-18/h5-14H2,1-4H3. The second-order valence-electron chi connectivity index (χ2n) is 7.51. The van der Waals surface area contributed by atoms with Gasteiger partial charge in [0.15, 0.2) is 0 Å². The maximum atomic E-state index is 2.72. The van der Waals surface area contributed by atoms with Crippen LogP contribution in [0.15, 0.2) is 0 Å². The molecule has 0 amide bonds. The summed E-state index contributed by atoms with van der Waals surface area (Å²) in [6.45, 7) is 15.0. The Morgan fingerprint density at radius 1 is 0.611 bits per heavy atom. The van der Waals surface area contributed by atoms with Crippen LogP contribution in [0.25, 0.3) is 0 Å². The maximum Gasteiger partial charge on any atom is 0.0153 e. The third-order valence-corrected chi connectivity index (χ3v) is 5.27. The Kier molecular flexibility index (Phi) is 4.38. The Morgan fingerprint density at radius 3 is 1.33 bits per heavy atom. The first kappa shape index (κ1) is 14.3. The van der Waals surface area contributed by atoms with E-state index < -0.39 is 0 Å². The molecule has 0 bridgehead atoms. The minimum Gasteiger partial charge on any atom is -0.298 e. The van der Waals surface area contributed by atoms with Crippen LogP contribution >= 0.6 is 0 Å². The molecule has 2 nitrogen and oxygen atoms in total. The number of nitrogens with zero attached hydrogens (tertiary/aromatic N) is 2. The molecule has 2 rings (SSSR count). The van der Waals surface area contributed by atoms with Crippen LogP contribution in [0.4, 0.5) is 0 Å². The van der Waals surface area contributed by atoms with Gasteiger partial charge in [0.1, 0.15) is 0 Å². The minimum atomic E-state index is 0.391. The monoisotopic (exact) mass is 252 g/mol. The van der Waals surface area contributed by atoms with Crippen LogP contribution in [-0.2, 0) is 0 Å². The van der Waals surface area contributed by atoms with Crippen LogP contribution in [0.1, 0.15) is 66.2 Å². The van der Waals surface area contributed by atoms with Crippen molar-refractivity contribution in [3.05, 3.63) is 0 Å². The molecule has 0 radical (unpaired) electrons. The van der Waals surface area contributed by atoms with Gasteiger partial charge in [0.25, 0.3) is 0 Å². The number of piperidine rings is 1. The first-order chi connectivity index (χ1) is 8.42. The smallest absolute Gasteiger partial charge is 0.0153 e. The van der Waals surface area contributed by atoms with E-state index in [2.05, 4.69) is 37.5 Å². The van der Waals surface area contributed by atoms with Crippen molar-refractivity contribution in [1.82, 2.24) is 9.80 Å². The Labute approximate surface area is 114 Å². The predicted octanol–water partition coefficient (Wildman–Crippen LogP) is 3.52. The first-order valence-corrected chi connectivity index (χ1v) is 7.92. The molecule has 0 aromatic heterocycles. The van der Waals surface area contributed by atoms with Crippen molar-refractivity contribution in [2.75, 3.05) is 26.2 Å². The van der Waals surface area contributed by atoms with Gasteiger partial charge in [0.05, 0.1) is 0 Å². The normalized spacial score (nSPS) is 24.0. The molecule has 0 atom stereocenters. The van der Waals surface area contributed by atoms with E-state index in [9.17, 15) is 0 Å². The van der Waals surface area contributed by atoms with E-state index in [0.29, 0.717) is 11.1 Å². The van der Waals surface area contributed by atoms with Gasteiger partial charge in [-0.1, -0.05) is 6.42 Å². The summed E-state index contributed by atoms with van der Waals surface area (Å²) in [5.41, 5.74) is 0.799. The van der Waals surface area contributed by atoms with Crippen LogP contribution in [0.2, 0.25) is 0 Å². The molecule has 106 valence electrons. The summed E-state index contributed by atoms with van der Waals surface area (Å²) < 4.78 is 0. The van der Waals surface area contributed by atoms with Gasteiger partial charge in [-0.15, -0.1) is 0 Å². The Bertz CT molecular complexity index is 260. The van der Waals surface area contributed by atoms with Crippen molar-refractivity contribution in [3.8, 4) is 0 Å². The minimum absolute atomic E-state index is 0.391. The summed E-state index contributed by atoms with van der Waals surface area (Å²) >= 11 is 0. The highest BCUT2D eigenvalue weighted by Crippen LogP contribution is 2.31. The lowest BCUT2D eigenvalue weighted by Gasteiger charge is -2.48. The number of likely N-dealkylation sites (tertiary alicyclic amines) is 2. The van der Waals surface area contributed by atoms with Crippen molar-refractivity contribution in [2.45, 2.75) is 77.3 Å². The van der Waals surface area contributed by atoms with Crippen molar-refractivity contribution >= 4 is 0 Å². The summed E-state index contributed by atoms with van der Waals surface area (Å²) in [7, 11) is 0. The molecule has 0 saturated carbocycles. The van der Waals surface area contributed by atoms with Gasteiger partial charge in [-0.2, -0.15) is 0 Å². The highest BCUT2D eigenvalue weighted by atomic mass is 15.2. The number of hydrogen-bond acceptors (Lipinski definition) is 2. The van der Waals surface area contributed by atoms with Crippen molar-refractivity contribution < 1.29 is 0 Å². The molecular weight excluding hydrogens is 220 g/mol. The molecule has 0 N–H and O–H groups in total. The lowest BCUT2D eigenvalue weighted by Crippen LogP contribution is -2.53. The van der Waals surface area contributed by atoms with Crippen LogP contribution < -0.4 is 0 Å². The molecule has 0 aromatic rings. The van der Waals surface area contributed by atoms with Crippen molar-refractivity contribution in [2.24, 2.45) is 0 Å². The SMILES string of the molecule is CC(C)(CCC(C)(C)N1CCC1)N1CCCCC1. The maximum absolute atomic E-state index is 2.72. The van der Waals surface area contributed by atoms with Gasteiger partial charge in [-0.05, 0) is 86.0 Å². The lowest BCUT2D eigenvalue weighted by atomic mass is 9.85. The topological polar surface area (TPSA) is 6.48 Å². The second-order valence-corrected chi connectivity index (χ2v) is 7.51. The molecule has 2 aliphatic heterocycles. The fourth-order valence-electron chi connectivity index (χ4n) is 3.35. The Morgan fingerprint density at radius 2 is 1.00 bits per heavy atom. The summed E-state index contributed by atoms with van der Waals surface area (Å²) in [6, 6.07) is 0. The van der Waals surface area contributed by atoms with E-state index in [0.717, 1.165) is 0 Å². The van der Waals surface area contributed by atoms with Gasteiger partial charge in [-0.25, -0.2) is 0 Å². The fourth-order valence-corrected chi connectivity index (χ4v) is 3.35. The van der Waals surface area contributed by atoms with Gasteiger partial charge >= 0.3 is 0 Å². The van der Waals surface area contributed by atoms with Gasteiger partial charge in [-0.3, -0.25) is 9.80 Å². The zero-order valence-electron chi connectivity index (χ0n) is 13.0. The van der Waals surface area contributed by atoms with E-state index in [1.165, 1.54) is 64.7 Å². The van der Waals surface area contributed by atoms with E-state index in [-0.39, 0.29) is 0 Å². The van der Waals surface area contributed by atoms with Crippen LogP contribution in [-0.4, -0.2) is 47.1 Å². The highest BCUT2D eigenvalue weighted by Gasteiger charge is 2.34. The molecule has 0 spiro atoms. The highest BCUT2D eigenvalue weighted by molar-refractivity contribution is 4.91. The van der Waals surface area contributed by atoms with E-state index in [4.69, 9.17) is 0 Å². The second kappa shape index (κ2) is 5.50. The van der Waals surface area contributed by atoms with Crippen LogP contribution in [0, 0.1) is 0 Å². The molecule has 0 aromatic carbocycles. The lowest BCUT2D eigenvalue weighted by molar-refractivity contribution is 0.0240.